The summed E-state index contributed by atoms with van der Waals surface area (Å²) in [4.78, 5) is 23.9. The van der Waals surface area contributed by atoms with Crippen molar-refractivity contribution in [2.75, 3.05) is 0 Å². The fraction of sp³-hybridized carbons (Fsp3) is 0.200. The van der Waals surface area contributed by atoms with Gasteiger partial charge in [0.05, 0.1) is 23.5 Å². The van der Waals surface area contributed by atoms with Crippen LogP contribution in [0.2, 0.25) is 10.0 Å². The highest BCUT2D eigenvalue weighted by atomic mass is 35.5. The summed E-state index contributed by atoms with van der Waals surface area (Å²) in [7, 11) is 0. The lowest BCUT2D eigenvalue weighted by Gasteiger charge is -2.18. The van der Waals surface area contributed by atoms with E-state index in [9.17, 15) is 9.59 Å². The molecule has 0 aliphatic carbocycles. The lowest BCUT2D eigenvalue weighted by molar-refractivity contribution is -0.132. The maximum atomic E-state index is 11.9. The molecular formula is C35H30Cl2N4O4. The first kappa shape index (κ1) is 30.4. The van der Waals surface area contributed by atoms with Gasteiger partial charge in [-0.1, -0.05) is 59.6 Å². The average Bonchev–Trinajstić information content (AvgIpc) is 3.70. The molecule has 2 N–H and O–H groups in total. The van der Waals surface area contributed by atoms with Gasteiger partial charge in [-0.2, -0.15) is 10.2 Å². The van der Waals surface area contributed by atoms with E-state index in [0.717, 1.165) is 44.8 Å². The van der Waals surface area contributed by atoms with Crippen molar-refractivity contribution in [2.24, 2.45) is 10.2 Å². The van der Waals surface area contributed by atoms with Gasteiger partial charge in [0.1, 0.15) is 11.5 Å². The Kier molecular flexibility index (Phi) is 8.87. The summed E-state index contributed by atoms with van der Waals surface area (Å²) in [5.74, 6) is 0.194. The molecule has 0 bridgehead atoms. The Bertz CT molecular complexity index is 1690. The summed E-state index contributed by atoms with van der Waals surface area (Å²) in [5, 5.41) is 10.5. The number of hydrogen-bond acceptors (Lipinski definition) is 8. The van der Waals surface area contributed by atoms with E-state index in [4.69, 9.17) is 32.7 Å². The minimum Gasteiger partial charge on any atom is -0.426 e. The molecule has 8 nitrogen and oxygen atoms in total. The molecule has 0 fully saturated rings. The first-order valence-corrected chi connectivity index (χ1v) is 15.3. The third-order valence-electron chi connectivity index (χ3n) is 7.68. The van der Waals surface area contributed by atoms with Gasteiger partial charge >= 0.3 is 11.9 Å². The van der Waals surface area contributed by atoms with E-state index >= 15 is 0 Å². The van der Waals surface area contributed by atoms with Crippen molar-refractivity contribution in [3.05, 3.63) is 128 Å². The van der Waals surface area contributed by atoms with Crippen LogP contribution in [-0.2, 0) is 16.0 Å². The third-order valence-corrected chi connectivity index (χ3v) is 8.18. The van der Waals surface area contributed by atoms with Crippen LogP contribution in [0.3, 0.4) is 0 Å². The zero-order valence-electron chi connectivity index (χ0n) is 24.6. The highest BCUT2D eigenvalue weighted by Gasteiger charge is 2.27. The van der Waals surface area contributed by atoms with E-state index in [2.05, 4.69) is 21.1 Å². The van der Waals surface area contributed by atoms with Crippen LogP contribution in [0.1, 0.15) is 72.2 Å². The molecule has 2 atom stereocenters. The molecule has 0 amide bonds. The number of benzene rings is 4. The summed E-state index contributed by atoms with van der Waals surface area (Å²) in [5.41, 5.74) is 13.9. The average molecular weight is 642 g/mol. The number of esters is 2. The highest BCUT2D eigenvalue weighted by molar-refractivity contribution is 6.31. The lowest BCUT2D eigenvalue weighted by atomic mass is 9.93. The Labute approximate surface area is 271 Å². The summed E-state index contributed by atoms with van der Waals surface area (Å²) in [6.45, 7) is 2.78. The van der Waals surface area contributed by atoms with Gasteiger partial charge in [0.25, 0.3) is 0 Å². The minimum absolute atomic E-state index is 0.182. The molecule has 0 spiro atoms. The fourth-order valence-electron chi connectivity index (χ4n) is 5.58. The van der Waals surface area contributed by atoms with Crippen molar-refractivity contribution < 1.29 is 19.1 Å². The zero-order chi connectivity index (χ0) is 31.5. The molecule has 10 heteroatoms. The van der Waals surface area contributed by atoms with Gasteiger partial charge in [-0.25, -0.2) is 0 Å². The number of hydrazone groups is 2. The molecule has 6 rings (SSSR count). The molecule has 2 unspecified atom stereocenters. The van der Waals surface area contributed by atoms with Gasteiger partial charge in [-0.15, -0.1) is 0 Å². The Morgan fingerprint density at radius 2 is 1.07 bits per heavy atom. The molecule has 228 valence electrons. The molecule has 2 aliphatic heterocycles. The Balaban J connectivity index is 1.25. The van der Waals surface area contributed by atoms with Crippen LogP contribution in [0, 0.1) is 0 Å². The number of hydrogen-bond donors (Lipinski definition) is 2. The van der Waals surface area contributed by atoms with E-state index in [1.54, 1.807) is 0 Å². The molecule has 4 aromatic rings. The van der Waals surface area contributed by atoms with Gasteiger partial charge in [-0.05, 0) is 77.2 Å². The SMILES string of the molecule is CC(=O)Oc1ccc(Cc2ccc(OC(C)=O)c(C3CC(c4ccc(Cl)cc4)=NN3)c2)cc1C1CC(c2ccc(Cl)cc2)=NN1. The standard InChI is InChI=1S/C35H30Cl2N4O4/c1-20(42)44-34-13-3-22(16-28(34)32-18-30(38-40-32)24-5-9-26(36)10-6-24)15-23-4-14-35(45-21(2)43)29(17-23)33-19-31(39-41-33)25-7-11-27(37)12-8-25/h3-14,16-17,32-33,40-41H,15,18-19H2,1-2H3. The smallest absolute Gasteiger partial charge is 0.308 e. The van der Waals surface area contributed by atoms with Crippen molar-refractivity contribution in [3.8, 4) is 11.5 Å². The Morgan fingerprint density at radius 1 is 0.667 bits per heavy atom. The van der Waals surface area contributed by atoms with E-state index in [-0.39, 0.29) is 12.1 Å². The first-order valence-electron chi connectivity index (χ1n) is 14.5. The Morgan fingerprint density at radius 3 is 1.44 bits per heavy atom. The highest BCUT2D eigenvalue weighted by Crippen LogP contribution is 2.36. The van der Waals surface area contributed by atoms with E-state index in [1.807, 2.05) is 84.9 Å². The fourth-order valence-corrected chi connectivity index (χ4v) is 5.83. The van der Waals surface area contributed by atoms with Gasteiger partial charge in [0.2, 0.25) is 0 Å². The van der Waals surface area contributed by atoms with Crippen LogP contribution >= 0.6 is 23.2 Å². The van der Waals surface area contributed by atoms with Crippen LogP contribution in [0.25, 0.3) is 0 Å². The summed E-state index contributed by atoms with van der Waals surface area (Å²) < 4.78 is 11.2. The van der Waals surface area contributed by atoms with Crippen molar-refractivity contribution >= 4 is 46.6 Å². The number of carbonyl (C=O) groups excluding carboxylic acids is 2. The molecule has 0 radical (unpaired) electrons. The van der Waals surface area contributed by atoms with Crippen LogP contribution in [0.5, 0.6) is 11.5 Å². The van der Waals surface area contributed by atoms with Crippen molar-refractivity contribution in [2.45, 2.75) is 45.2 Å². The number of rotatable bonds is 8. The maximum absolute atomic E-state index is 11.9. The maximum Gasteiger partial charge on any atom is 0.308 e. The Hall–Kier alpha value is -4.66. The summed E-state index contributed by atoms with van der Waals surface area (Å²) in [6.07, 6.45) is 1.82. The lowest BCUT2D eigenvalue weighted by Crippen LogP contribution is -2.14. The molecule has 45 heavy (non-hydrogen) atoms. The van der Waals surface area contributed by atoms with Crippen LogP contribution in [0.4, 0.5) is 0 Å². The van der Waals surface area contributed by atoms with Crippen LogP contribution < -0.4 is 20.3 Å². The number of nitrogens with zero attached hydrogens (tertiary/aromatic N) is 2. The molecule has 0 saturated heterocycles. The monoisotopic (exact) mass is 640 g/mol. The number of nitrogens with one attached hydrogen (secondary N) is 2. The molecule has 0 aromatic heterocycles. The molecule has 2 heterocycles. The topological polar surface area (TPSA) is 101 Å². The summed E-state index contributed by atoms with van der Waals surface area (Å²) in [6, 6.07) is 26.4. The second kappa shape index (κ2) is 13.1. The first-order chi connectivity index (χ1) is 21.7. The second-order valence-electron chi connectivity index (χ2n) is 11.0. The quantitative estimate of drug-likeness (QED) is 0.155. The van der Waals surface area contributed by atoms with E-state index in [0.29, 0.717) is 40.8 Å². The third kappa shape index (κ3) is 7.19. The summed E-state index contributed by atoms with van der Waals surface area (Å²) >= 11 is 12.1. The van der Waals surface area contributed by atoms with E-state index < -0.39 is 11.9 Å². The van der Waals surface area contributed by atoms with Gasteiger partial charge in [0, 0.05) is 47.9 Å². The van der Waals surface area contributed by atoms with Crippen LogP contribution in [0.15, 0.2) is 95.1 Å². The molecule has 2 aliphatic rings. The number of ether oxygens (including phenoxy) is 2. The zero-order valence-corrected chi connectivity index (χ0v) is 26.2. The van der Waals surface area contributed by atoms with Crippen molar-refractivity contribution in [1.29, 1.82) is 0 Å². The van der Waals surface area contributed by atoms with Gasteiger partial charge in [0.15, 0.2) is 0 Å². The largest absolute Gasteiger partial charge is 0.426 e. The van der Waals surface area contributed by atoms with Gasteiger partial charge in [-0.3, -0.25) is 9.59 Å². The molecule has 4 aromatic carbocycles. The van der Waals surface area contributed by atoms with E-state index in [1.165, 1.54) is 13.8 Å². The minimum atomic E-state index is -0.393. The van der Waals surface area contributed by atoms with Crippen molar-refractivity contribution in [3.63, 3.8) is 0 Å². The van der Waals surface area contributed by atoms with Gasteiger partial charge < -0.3 is 20.3 Å². The number of halogens is 2. The van der Waals surface area contributed by atoms with Crippen LogP contribution in [-0.4, -0.2) is 23.4 Å². The van der Waals surface area contributed by atoms with Crippen molar-refractivity contribution in [1.82, 2.24) is 10.9 Å². The molecule has 0 saturated carbocycles. The predicted octanol–water partition coefficient (Wildman–Crippen LogP) is 7.31. The second-order valence-corrected chi connectivity index (χ2v) is 11.9. The molecular weight excluding hydrogens is 611 g/mol. The normalized spacial score (nSPS) is 17.2. The predicted molar refractivity (Wildman–Crippen MR) is 175 cm³/mol. The number of carbonyl (C=O) groups is 2.